The lowest BCUT2D eigenvalue weighted by Gasteiger charge is -2.33. The molecule has 0 aromatic heterocycles. The number of hydrogen-bond acceptors (Lipinski definition) is 3. The molecular weight excluding hydrogens is 347 g/mol. The molecule has 1 atom stereocenters. The van der Waals surface area contributed by atoms with Crippen molar-refractivity contribution < 1.29 is 19.1 Å². The van der Waals surface area contributed by atoms with Crippen LogP contribution in [0.3, 0.4) is 0 Å². The number of amides is 2. The molecule has 1 unspecified atom stereocenters. The van der Waals surface area contributed by atoms with Crippen LogP contribution in [-0.2, 0) is 16.1 Å². The topological polar surface area (TPSA) is 69.6 Å². The largest absolute Gasteiger partial charge is 0.387 e. The predicted molar refractivity (Wildman–Crippen MR) is 102 cm³/mol. The molecule has 2 rings (SSSR count). The molecule has 1 aliphatic rings. The van der Waals surface area contributed by atoms with Crippen LogP contribution in [0, 0.1) is 11.7 Å². The molecule has 5 nitrogen and oxygen atoms in total. The molecule has 1 aromatic carbocycles. The summed E-state index contributed by atoms with van der Waals surface area (Å²) < 4.78 is 13.9. The predicted octanol–water partition coefficient (Wildman–Crippen LogP) is 2.56. The monoisotopic (exact) mass is 374 g/mol. The Bertz CT molecular complexity index is 694. The van der Waals surface area contributed by atoms with E-state index in [4.69, 9.17) is 0 Å². The number of halogens is 1. The highest BCUT2D eigenvalue weighted by Crippen LogP contribution is 2.22. The highest BCUT2D eigenvalue weighted by atomic mass is 19.1. The van der Waals surface area contributed by atoms with Crippen LogP contribution < -0.4 is 5.32 Å². The van der Waals surface area contributed by atoms with Crippen molar-refractivity contribution in [3.8, 4) is 0 Å². The fourth-order valence-electron chi connectivity index (χ4n) is 3.27. The van der Waals surface area contributed by atoms with Gasteiger partial charge < -0.3 is 15.3 Å². The lowest BCUT2D eigenvalue weighted by atomic mass is 9.93. The summed E-state index contributed by atoms with van der Waals surface area (Å²) in [6.07, 6.45) is 4.57. The van der Waals surface area contributed by atoms with Crippen molar-refractivity contribution in [2.45, 2.75) is 37.8 Å². The number of nitrogens with one attached hydrogen (secondary N) is 1. The van der Waals surface area contributed by atoms with Crippen LogP contribution in [0.2, 0.25) is 0 Å². The van der Waals surface area contributed by atoms with Gasteiger partial charge in [0.1, 0.15) is 5.82 Å². The minimum Gasteiger partial charge on any atom is -0.387 e. The van der Waals surface area contributed by atoms with Gasteiger partial charge in [-0.2, -0.15) is 0 Å². The Labute approximate surface area is 159 Å². The SMILES string of the molecule is C=CCC(O)(CC=C)CNC(=O)C1CCC(=O)N(Cc2ccccc2F)C1. The van der Waals surface area contributed by atoms with Crippen LogP contribution in [0.5, 0.6) is 0 Å². The van der Waals surface area contributed by atoms with Gasteiger partial charge in [0.2, 0.25) is 11.8 Å². The van der Waals surface area contributed by atoms with E-state index in [1.54, 1.807) is 30.4 Å². The smallest absolute Gasteiger partial charge is 0.225 e. The molecule has 0 radical (unpaired) electrons. The molecular formula is C21H27FN2O3. The van der Waals surface area contributed by atoms with Crippen LogP contribution in [0.4, 0.5) is 4.39 Å². The van der Waals surface area contributed by atoms with E-state index in [0.717, 1.165) is 0 Å². The van der Waals surface area contributed by atoms with E-state index in [0.29, 0.717) is 24.8 Å². The summed E-state index contributed by atoms with van der Waals surface area (Å²) in [6, 6.07) is 6.31. The Morgan fingerprint density at radius 2 is 2.00 bits per heavy atom. The van der Waals surface area contributed by atoms with Crippen molar-refractivity contribution in [1.29, 1.82) is 0 Å². The van der Waals surface area contributed by atoms with Gasteiger partial charge >= 0.3 is 0 Å². The Morgan fingerprint density at radius 3 is 2.63 bits per heavy atom. The van der Waals surface area contributed by atoms with Crippen molar-refractivity contribution in [2.24, 2.45) is 5.92 Å². The molecule has 0 bridgehead atoms. The second kappa shape index (κ2) is 9.46. The first-order chi connectivity index (χ1) is 12.9. The van der Waals surface area contributed by atoms with Crippen molar-refractivity contribution in [3.05, 3.63) is 61.0 Å². The first-order valence-corrected chi connectivity index (χ1v) is 9.11. The second-order valence-corrected chi connectivity index (χ2v) is 7.03. The molecule has 0 saturated carbocycles. The van der Waals surface area contributed by atoms with Crippen molar-refractivity contribution >= 4 is 11.8 Å². The van der Waals surface area contributed by atoms with Crippen molar-refractivity contribution in [3.63, 3.8) is 0 Å². The Hall–Kier alpha value is -2.47. The molecule has 1 fully saturated rings. The van der Waals surface area contributed by atoms with Crippen LogP contribution >= 0.6 is 0 Å². The van der Waals surface area contributed by atoms with Gasteiger partial charge in [0, 0.05) is 31.6 Å². The Morgan fingerprint density at radius 1 is 1.33 bits per heavy atom. The number of aliphatic hydroxyl groups is 1. The summed E-state index contributed by atoms with van der Waals surface area (Å²) in [6.45, 7) is 7.72. The van der Waals surface area contributed by atoms with E-state index in [-0.39, 0.29) is 49.6 Å². The number of nitrogens with zero attached hydrogens (tertiary/aromatic N) is 1. The van der Waals surface area contributed by atoms with Crippen LogP contribution in [-0.4, -0.2) is 40.5 Å². The Kier molecular flexibility index (Phi) is 7.30. The lowest BCUT2D eigenvalue weighted by molar-refractivity contribution is -0.139. The molecule has 1 aliphatic heterocycles. The number of benzene rings is 1. The van der Waals surface area contributed by atoms with E-state index >= 15 is 0 Å². The third-order valence-corrected chi connectivity index (χ3v) is 4.83. The number of carbonyl (C=O) groups is 2. The van der Waals surface area contributed by atoms with Gasteiger partial charge in [0.05, 0.1) is 11.5 Å². The summed E-state index contributed by atoms with van der Waals surface area (Å²) >= 11 is 0. The van der Waals surface area contributed by atoms with Crippen molar-refractivity contribution in [1.82, 2.24) is 10.2 Å². The Balaban J connectivity index is 1.97. The van der Waals surface area contributed by atoms with E-state index in [1.807, 2.05) is 0 Å². The number of hydrogen-bond donors (Lipinski definition) is 2. The maximum absolute atomic E-state index is 13.9. The molecule has 1 aromatic rings. The molecule has 0 spiro atoms. The van der Waals surface area contributed by atoms with Gasteiger partial charge in [-0.3, -0.25) is 9.59 Å². The zero-order chi connectivity index (χ0) is 19.9. The third-order valence-electron chi connectivity index (χ3n) is 4.83. The van der Waals surface area contributed by atoms with Gasteiger partial charge in [-0.25, -0.2) is 4.39 Å². The number of likely N-dealkylation sites (tertiary alicyclic amines) is 1. The average molecular weight is 374 g/mol. The summed E-state index contributed by atoms with van der Waals surface area (Å²) in [5.41, 5.74) is -0.686. The van der Waals surface area contributed by atoms with Crippen LogP contribution in [0.1, 0.15) is 31.2 Å². The first-order valence-electron chi connectivity index (χ1n) is 9.11. The van der Waals surface area contributed by atoms with Gasteiger partial charge in [0.25, 0.3) is 0 Å². The van der Waals surface area contributed by atoms with Crippen molar-refractivity contribution in [2.75, 3.05) is 13.1 Å². The van der Waals surface area contributed by atoms with E-state index < -0.39 is 5.60 Å². The number of rotatable bonds is 9. The first kappa shape index (κ1) is 20.8. The molecule has 1 heterocycles. The zero-order valence-corrected chi connectivity index (χ0v) is 15.5. The fourth-order valence-corrected chi connectivity index (χ4v) is 3.27. The zero-order valence-electron chi connectivity index (χ0n) is 15.5. The summed E-state index contributed by atoms with van der Waals surface area (Å²) in [5.74, 6) is -1.05. The van der Waals surface area contributed by atoms with Gasteiger partial charge in [-0.1, -0.05) is 30.4 Å². The fraction of sp³-hybridized carbons (Fsp3) is 0.429. The number of carbonyl (C=O) groups excluding carboxylic acids is 2. The van der Waals surface area contributed by atoms with E-state index in [9.17, 15) is 19.1 Å². The van der Waals surface area contributed by atoms with Gasteiger partial charge in [0.15, 0.2) is 0 Å². The normalized spacial score (nSPS) is 17.5. The van der Waals surface area contributed by atoms with E-state index in [2.05, 4.69) is 18.5 Å². The standard InChI is InChI=1S/C21H27FN2O3/c1-3-11-21(27,12-4-2)15-23-20(26)17-9-10-19(25)24(14-17)13-16-7-5-6-8-18(16)22/h3-8,17,27H,1-2,9-15H2,(H,23,26). The maximum atomic E-state index is 13.9. The second-order valence-electron chi connectivity index (χ2n) is 7.03. The molecule has 2 N–H and O–H groups in total. The molecule has 1 saturated heterocycles. The van der Waals surface area contributed by atoms with Gasteiger partial charge in [-0.05, 0) is 25.3 Å². The van der Waals surface area contributed by atoms with Crippen LogP contribution in [0.15, 0.2) is 49.6 Å². The van der Waals surface area contributed by atoms with Crippen LogP contribution in [0.25, 0.3) is 0 Å². The highest BCUT2D eigenvalue weighted by molar-refractivity contribution is 5.83. The molecule has 2 amide bonds. The summed E-state index contributed by atoms with van der Waals surface area (Å²) in [4.78, 5) is 26.2. The van der Waals surface area contributed by atoms with Gasteiger partial charge in [-0.15, -0.1) is 13.2 Å². The average Bonchev–Trinajstić information content (AvgIpc) is 2.64. The minimum absolute atomic E-state index is 0.0850. The third kappa shape index (κ3) is 5.76. The minimum atomic E-state index is -1.11. The summed E-state index contributed by atoms with van der Waals surface area (Å²) in [5, 5.41) is 13.3. The maximum Gasteiger partial charge on any atom is 0.225 e. The van der Waals surface area contributed by atoms with E-state index in [1.165, 1.54) is 11.0 Å². The lowest BCUT2D eigenvalue weighted by Crippen LogP contribution is -2.49. The quantitative estimate of drug-likeness (QED) is 0.653. The molecule has 27 heavy (non-hydrogen) atoms. The highest BCUT2D eigenvalue weighted by Gasteiger charge is 2.32. The summed E-state index contributed by atoms with van der Waals surface area (Å²) in [7, 11) is 0. The molecule has 0 aliphatic carbocycles. The molecule has 146 valence electrons. The molecule has 6 heteroatoms. The number of piperidine rings is 1.